The van der Waals surface area contributed by atoms with Crippen molar-refractivity contribution in [1.29, 1.82) is 5.26 Å². The number of thiocarbonyl (C=S) groups is 1. The van der Waals surface area contributed by atoms with Crippen LogP contribution in [0.15, 0.2) is 49.2 Å². The molecule has 0 amide bonds. The van der Waals surface area contributed by atoms with E-state index in [2.05, 4.69) is 38.2 Å². The quantitative estimate of drug-likeness (QED) is 0.422. The summed E-state index contributed by atoms with van der Waals surface area (Å²) in [7, 11) is 5.85. The summed E-state index contributed by atoms with van der Waals surface area (Å²) in [5.74, 6) is 0.938. The van der Waals surface area contributed by atoms with Crippen LogP contribution in [0.1, 0.15) is 5.56 Å². The normalized spacial score (nSPS) is 13.8. The van der Waals surface area contributed by atoms with Crippen LogP contribution in [0.3, 0.4) is 0 Å². The summed E-state index contributed by atoms with van der Waals surface area (Å²) in [6.07, 6.45) is 9.19. The average Bonchev–Trinajstić information content (AvgIpc) is 3.49. The molecule has 1 saturated heterocycles. The molecule has 1 aliphatic heterocycles. The molecule has 0 unspecified atom stereocenters. The van der Waals surface area contributed by atoms with E-state index in [0.29, 0.717) is 5.56 Å². The van der Waals surface area contributed by atoms with Gasteiger partial charge in [0.25, 0.3) is 0 Å². The smallest absolute Gasteiger partial charge is 0.171 e. The molecule has 0 aliphatic carbocycles. The van der Waals surface area contributed by atoms with Crippen molar-refractivity contribution in [3.63, 3.8) is 0 Å². The molecule has 34 heavy (non-hydrogen) atoms. The van der Waals surface area contributed by atoms with Gasteiger partial charge < -0.3 is 14.7 Å². The van der Waals surface area contributed by atoms with Crippen LogP contribution in [0.4, 0.5) is 5.82 Å². The van der Waals surface area contributed by atoms with Crippen LogP contribution in [0, 0.1) is 11.3 Å². The lowest BCUT2D eigenvalue weighted by Crippen LogP contribution is -2.51. The fourth-order valence-corrected chi connectivity index (χ4v) is 4.48. The van der Waals surface area contributed by atoms with Crippen LogP contribution in [-0.4, -0.2) is 79.6 Å². The molecular weight excluding hydrogens is 446 g/mol. The molecule has 0 bridgehead atoms. The molecule has 0 saturated carbocycles. The highest BCUT2D eigenvalue weighted by Crippen LogP contribution is 2.32. The summed E-state index contributed by atoms with van der Waals surface area (Å²) in [5.41, 5.74) is 5.11. The Bertz CT molecular complexity index is 1390. The average molecular weight is 472 g/mol. The monoisotopic (exact) mass is 471 g/mol. The molecule has 1 aliphatic rings. The highest BCUT2D eigenvalue weighted by atomic mass is 32.1. The van der Waals surface area contributed by atoms with Crippen molar-refractivity contribution >= 4 is 28.7 Å². The molecule has 0 spiro atoms. The number of rotatable bonds is 3. The Hall–Kier alpha value is -3.97. The van der Waals surface area contributed by atoms with E-state index in [1.807, 2.05) is 56.9 Å². The van der Waals surface area contributed by atoms with Crippen LogP contribution in [0.5, 0.6) is 0 Å². The van der Waals surface area contributed by atoms with Crippen LogP contribution in [-0.2, 0) is 7.05 Å². The molecule has 9 nitrogen and oxygen atoms in total. The summed E-state index contributed by atoms with van der Waals surface area (Å²) in [4.78, 5) is 11.3. The van der Waals surface area contributed by atoms with Gasteiger partial charge in [0.2, 0.25) is 0 Å². The molecule has 4 aromatic heterocycles. The number of nitriles is 1. The molecule has 0 atom stereocenters. The molecule has 0 aromatic carbocycles. The SMILES string of the molecule is CN(C)C(=S)N1CCN(c2ccc(-c3cc(-c4cnn(C)c4)cn4ncc(C#N)c34)cn2)CC1. The van der Waals surface area contributed by atoms with Crippen LogP contribution < -0.4 is 4.90 Å². The second kappa shape index (κ2) is 8.76. The highest BCUT2D eigenvalue weighted by molar-refractivity contribution is 7.80. The van der Waals surface area contributed by atoms with E-state index in [1.54, 1.807) is 15.4 Å². The van der Waals surface area contributed by atoms with E-state index in [0.717, 1.165) is 64.9 Å². The van der Waals surface area contributed by atoms with E-state index >= 15 is 0 Å². The van der Waals surface area contributed by atoms with Crippen molar-refractivity contribution in [2.75, 3.05) is 45.2 Å². The van der Waals surface area contributed by atoms with Crippen molar-refractivity contribution < 1.29 is 0 Å². The fraction of sp³-hybridized carbons (Fsp3) is 0.292. The number of anilines is 1. The van der Waals surface area contributed by atoms with Gasteiger partial charge in [-0.15, -0.1) is 0 Å². The molecule has 0 N–H and O–H groups in total. The van der Waals surface area contributed by atoms with Gasteiger partial charge in [0.1, 0.15) is 11.9 Å². The zero-order valence-corrected chi connectivity index (χ0v) is 20.2. The van der Waals surface area contributed by atoms with Crippen molar-refractivity contribution in [2.24, 2.45) is 7.05 Å². The number of fused-ring (bicyclic) bond motifs is 1. The highest BCUT2D eigenvalue weighted by Gasteiger charge is 2.21. The zero-order valence-electron chi connectivity index (χ0n) is 19.4. The van der Waals surface area contributed by atoms with Gasteiger partial charge in [-0.1, -0.05) is 0 Å². The summed E-state index contributed by atoms with van der Waals surface area (Å²) in [5, 5.41) is 19.2. The largest absolute Gasteiger partial charge is 0.355 e. The Balaban J connectivity index is 1.46. The van der Waals surface area contributed by atoms with Crippen molar-refractivity contribution in [2.45, 2.75) is 0 Å². The topological polar surface area (TPSA) is 81.5 Å². The van der Waals surface area contributed by atoms with Crippen molar-refractivity contribution in [1.82, 2.24) is 34.2 Å². The maximum atomic E-state index is 9.64. The van der Waals surface area contributed by atoms with Gasteiger partial charge in [-0.2, -0.15) is 15.5 Å². The first-order chi connectivity index (χ1) is 16.4. The number of pyridine rings is 2. The number of nitrogens with zero attached hydrogens (tertiary/aromatic N) is 9. The van der Waals surface area contributed by atoms with Gasteiger partial charge in [-0.3, -0.25) is 4.68 Å². The van der Waals surface area contributed by atoms with E-state index in [-0.39, 0.29) is 0 Å². The molecule has 0 radical (unpaired) electrons. The van der Waals surface area contributed by atoms with Crippen molar-refractivity contribution in [3.8, 4) is 28.3 Å². The Labute approximate surface area is 203 Å². The summed E-state index contributed by atoms with van der Waals surface area (Å²) >= 11 is 5.51. The Morgan fingerprint density at radius 3 is 2.41 bits per heavy atom. The van der Waals surface area contributed by atoms with Gasteiger partial charge in [-0.05, 0) is 30.4 Å². The number of hydrogen-bond acceptors (Lipinski definition) is 6. The zero-order chi connectivity index (χ0) is 23.8. The predicted molar refractivity (Wildman–Crippen MR) is 135 cm³/mol. The summed E-state index contributed by atoms with van der Waals surface area (Å²) in [6, 6.07) is 8.45. The first kappa shape index (κ1) is 21.9. The van der Waals surface area contributed by atoms with E-state index in [9.17, 15) is 5.26 Å². The van der Waals surface area contributed by atoms with E-state index in [4.69, 9.17) is 17.2 Å². The standard InChI is InChI=1S/C24H25N9S/c1-29(2)24(34)32-8-6-31(7-9-32)22-5-4-17(12-26-22)21-10-18(20-14-27-30(3)15-20)16-33-23(21)19(11-25)13-28-33/h4-5,10,12-16H,6-9H2,1-3H3. The third-order valence-electron chi connectivity index (χ3n) is 6.09. The molecule has 5 heterocycles. The maximum Gasteiger partial charge on any atom is 0.171 e. The third-order valence-corrected chi connectivity index (χ3v) is 6.71. The minimum absolute atomic E-state index is 0.532. The molecule has 10 heteroatoms. The lowest BCUT2D eigenvalue weighted by molar-refractivity contribution is 0.352. The minimum atomic E-state index is 0.532. The Morgan fingerprint density at radius 2 is 1.79 bits per heavy atom. The van der Waals surface area contributed by atoms with Crippen LogP contribution in [0.25, 0.3) is 27.8 Å². The second-order valence-electron chi connectivity index (χ2n) is 8.56. The number of piperazine rings is 1. The van der Waals surface area contributed by atoms with E-state index in [1.165, 1.54) is 0 Å². The molecule has 1 fully saturated rings. The Kier molecular flexibility index (Phi) is 5.63. The fourth-order valence-electron chi connectivity index (χ4n) is 4.29. The molecular formula is C24H25N9S. The number of hydrogen-bond donors (Lipinski definition) is 0. The van der Waals surface area contributed by atoms with Gasteiger partial charge in [-0.25, -0.2) is 9.50 Å². The predicted octanol–water partition coefficient (Wildman–Crippen LogP) is 2.64. The lowest BCUT2D eigenvalue weighted by Gasteiger charge is -2.38. The third kappa shape index (κ3) is 3.95. The minimum Gasteiger partial charge on any atom is -0.355 e. The first-order valence-electron chi connectivity index (χ1n) is 11.0. The van der Waals surface area contributed by atoms with Crippen LogP contribution >= 0.6 is 12.2 Å². The first-order valence-corrected chi connectivity index (χ1v) is 11.4. The van der Waals surface area contributed by atoms with Crippen molar-refractivity contribution in [3.05, 3.63) is 54.7 Å². The molecule has 172 valence electrons. The van der Waals surface area contributed by atoms with Gasteiger partial charge in [0, 0.05) is 88.2 Å². The second-order valence-corrected chi connectivity index (χ2v) is 8.93. The summed E-state index contributed by atoms with van der Waals surface area (Å²) < 4.78 is 3.53. The van der Waals surface area contributed by atoms with Gasteiger partial charge in [0.15, 0.2) is 5.11 Å². The number of aryl methyl sites for hydroxylation is 1. The van der Waals surface area contributed by atoms with Gasteiger partial charge in [0.05, 0.1) is 23.5 Å². The lowest BCUT2D eigenvalue weighted by atomic mass is 10.0. The Morgan fingerprint density at radius 1 is 1.00 bits per heavy atom. The van der Waals surface area contributed by atoms with Crippen LogP contribution in [0.2, 0.25) is 0 Å². The number of aromatic nitrogens is 5. The van der Waals surface area contributed by atoms with Gasteiger partial charge >= 0.3 is 0 Å². The van der Waals surface area contributed by atoms with E-state index < -0.39 is 0 Å². The molecule has 5 rings (SSSR count). The summed E-state index contributed by atoms with van der Waals surface area (Å²) in [6.45, 7) is 3.47. The molecule has 4 aromatic rings. The maximum absolute atomic E-state index is 9.64.